The van der Waals surface area contributed by atoms with E-state index in [-0.39, 0.29) is 39.9 Å². The molecule has 0 bridgehead atoms. The van der Waals surface area contributed by atoms with Crippen molar-refractivity contribution < 1.29 is 69.7 Å². The second-order valence-corrected chi connectivity index (χ2v) is 20.1. The SMILES string of the molecule is C[C@H](CC[C@@H](O[C@@H]1O[C@H](CO[C@@H]2O[C@H](CO)[C@@H](O)[C@H](O)[C@H]2O)[C@@H](O)[C@H](O)[C@H]1O)C(C)(C)O)C1CC[C@@]2(C)C3CC=C4C(CC[C@H](O)C4(C)C)[C@]3(C)C(=O)C[C@]12C. The van der Waals surface area contributed by atoms with Crippen LogP contribution in [0.3, 0.4) is 0 Å². The van der Waals surface area contributed by atoms with E-state index in [1.807, 2.05) is 0 Å². The van der Waals surface area contributed by atoms with Gasteiger partial charge >= 0.3 is 0 Å². The van der Waals surface area contributed by atoms with Gasteiger partial charge in [-0.1, -0.05) is 53.2 Å². The van der Waals surface area contributed by atoms with Crippen LogP contribution in [0.1, 0.15) is 107 Å². The molecule has 9 N–H and O–H groups in total. The first-order chi connectivity index (χ1) is 25.9. The first-order valence-electron chi connectivity index (χ1n) is 20.9. The summed E-state index contributed by atoms with van der Waals surface area (Å²) in [5.74, 6) is 1.03. The van der Waals surface area contributed by atoms with Crippen molar-refractivity contribution in [3.05, 3.63) is 11.6 Å². The second kappa shape index (κ2) is 15.7. The van der Waals surface area contributed by atoms with E-state index in [2.05, 4.69) is 47.6 Å². The number of rotatable bonds is 11. The van der Waals surface area contributed by atoms with Crippen LogP contribution in [0.4, 0.5) is 0 Å². The van der Waals surface area contributed by atoms with E-state index in [1.54, 1.807) is 13.8 Å². The van der Waals surface area contributed by atoms with Crippen LogP contribution in [0.15, 0.2) is 11.6 Å². The van der Waals surface area contributed by atoms with Crippen LogP contribution in [0.2, 0.25) is 0 Å². The van der Waals surface area contributed by atoms with E-state index in [0.29, 0.717) is 31.5 Å². The van der Waals surface area contributed by atoms with Crippen molar-refractivity contribution in [3.63, 3.8) is 0 Å². The fraction of sp³-hybridized carbons (Fsp3) is 0.929. The van der Waals surface area contributed by atoms with Crippen molar-refractivity contribution in [2.24, 2.45) is 45.3 Å². The Kier molecular flexibility index (Phi) is 12.5. The van der Waals surface area contributed by atoms with Gasteiger partial charge in [-0.2, -0.15) is 0 Å². The Morgan fingerprint density at radius 3 is 2.05 bits per heavy atom. The molecule has 3 unspecified atom stereocenters. The van der Waals surface area contributed by atoms with Gasteiger partial charge in [0, 0.05) is 17.3 Å². The first-order valence-corrected chi connectivity index (χ1v) is 20.9. The van der Waals surface area contributed by atoms with E-state index in [0.717, 1.165) is 25.7 Å². The Morgan fingerprint density at radius 1 is 0.821 bits per heavy atom. The zero-order valence-electron chi connectivity index (χ0n) is 34.5. The molecule has 2 aliphatic heterocycles. The van der Waals surface area contributed by atoms with Crippen LogP contribution in [0.5, 0.6) is 0 Å². The summed E-state index contributed by atoms with van der Waals surface area (Å²) in [6.45, 7) is 15.4. The maximum absolute atomic E-state index is 14.6. The van der Waals surface area contributed by atoms with E-state index in [9.17, 15) is 50.8 Å². The average Bonchev–Trinajstić information content (AvgIpc) is 3.40. The average molecular weight is 799 g/mol. The molecular formula is C42H70O14. The number of aliphatic hydroxyl groups excluding tert-OH is 8. The molecule has 0 aromatic rings. The predicted molar refractivity (Wildman–Crippen MR) is 201 cm³/mol. The first kappa shape index (κ1) is 44.4. The van der Waals surface area contributed by atoms with E-state index >= 15 is 0 Å². The van der Waals surface area contributed by atoms with E-state index < -0.39 is 97.8 Å². The third-order valence-corrected chi connectivity index (χ3v) is 16.3. The van der Waals surface area contributed by atoms with Crippen molar-refractivity contribution in [2.75, 3.05) is 13.2 Å². The number of carbonyl (C=O) groups is 1. The van der Waals surface area contributed by atoms with Crippen LogP contribution < -0.4 is 0 Å². The normalized spacial score (nSPS) is 49.0. The Labute approximate surface area is 331 Å². The highest BCUT2D eigenvalue weighted by Gasteiger charge is 2.70. The lowest BCUT2D eigenvalue weighted by molar-refractivity contribution is -0.341. The fourth-order valence-corrected chi connectivity index (χ4v) is 12.3. The molecule has 322 valence electrons. The number of hydrogen-bond donors (Lipinski definition) is 9. The number of carbonyl (C=O) groups excluding carboxylic acids is 1. The zero-order valence-corrected chi connectivity index (χ0v) is 34.5. The standard InChI is InChI=1S/C42H70O14/c1-20(21-15-16-40(6)26-12-10-22-23(11-13-27(44)38(22,2)3)42(26,8)28(45)17-41(21,40)7)9-14-29(39(4,5)52)56-37-35(51)33(49)31(47)25(55-37)19-53-36-34(50)32(48)30(46)24(18-43)54-36/h10,20-21,23-27,29-37,43-44,46-52H,9,11-19H2,1-8H3/t20-,21?,23?,24-,25-,26?,27+,29-,30-,31-,32+,33+,34-,35-,36-,37+,40+,41-,42+/m1/s1. The minimum Gasteiger partial charge on any atom is -0.394 e. The molecule has 0 radical (unpaired) electrons. The summed E-state index contributed by atoms with van der Waals surface area (Å²) in [7, 11) is 0. The highest BCUT2D eigenvalue weighted by atomic mass is 16.7. The van der Waals surface area contributed by atoms with Crippen molar-refractivity contribution in [1.29, 1.82) is 0 Å². The van der Waals surface area contributed by atoms with Crippen LogP contribution in [-0.4, -0.2) is 144 Å². The molecule has 0 amide bonds. The highest BCUT2D eigenvalue weighted by molar-refractivity contribution is 5.88. The van der Waals surface area contributed by atoms with E-state index in [4.69, 9.17) is 18.9 Å². The number of hydrogen-bond acceptors (Lipinski definition) is 14. The summed E-state index contributed by atoms with van der Waals surface area (Å²) in [5, 5.41) is 94.8. The molecule has 5 fully saturated rings. The van der Waals surface area contributed by atoms with Crippen LogP contribution >= 0.6 is 0 Å². The van der Waals surface area contributed by atoms with Crippen molar-refractivity contribution >= 4 is 5.78 Å². The van der Waals surface area contributed by atoms with Crippen molar-refractivity contribution in [1.82, 2.24) is 0 Å². The molecular weight excluding hydrogens is 728 g/mol. The smallest absolute Gasteiger partial charge is 0.187 e. The van der Waals surface area contributed by atoms with Crippen LogP contribution in [0, 0.1) is 45.3 Å². The largest absolute Gasteiger partial charge is 0.394 e. The minimum absolute atomic E-state index is 0.0767. The third-order valence-electron chi connectivity index (χ3n) is 16.3. The molecule has 3 saturated carbocycles. The molecule has 0 spiro atoms. The summed E-state index contributed by atoms with van der Waals surface area (Å²) in [4.78, 5) is 14.6. The molecule has 6 aliphatic rings. The van der Waals surface area contributed by atoms with Gasteiger partial charge in [0.2, 0.25) is 0 Å². The number of fused-ring (bicyclic) bond motifs is 5. The molecule has 14 heteroatoms. The highest BCUT2D eigenvalue weighted by Crippen LogP contribution is 2.74. The number of aliphatic hydroxyl groups is 9. The van der Waals surface area contributed by atoms with Crippen LogP contribution in [-0.2, 0) is 23.7 Å². The summed E-state index contributed by atoms with van der Waals surface area (Å²) >= 11 is 0. The van der Waals surface area contributed by atoms with Gasteiger partial charge < -0.3 is 64.9 Å². The maximum Gasteiger partial charge on any atom is 0.187 e. The summed E-state index contributed by atoms with van der Waals surface area (Å²) < 4.78 is 23.1. The number of Topliss-reactive ketones (excluding diaryl/α,β-unsaturated/α-hetero) is 1. The number of ether oxygens (including phenoxy) is 4. The van der Waals surface area contributed by atoms with Gasteiger partial charge in [0.1, 0.15) is 54.6 Å². The molecule has 0 aromatic heterocycles. The van der Waals surface area contributed by atoms with Gasteiger partial charge in [0.05, 0.1) is 31.0 Å². The molecule has 2 heterocycles. The molecule has 0 aromatic carbocycles. The topological polar surface area (TPSA) is 236 Å². The lowest BCUT2D eigenvalue weighted by Gasteiger charge is -2.64. The summed E-state index contributed by atoms with van der Waals surface area (Å²) in [6.07, 6.45) is -8.64. The minimum atomic E-state index is -1.72. The van der Waals surface area contributed by atoms with Gasteiger partial charge in [0.15, 0.2) is 12.6 Å². The second-order valence-electron chi connectivity index (χ2n) is 20.1. The zero-order chi connectivity index (χ0) is 41.5. The Hall–Kier alpha value is -1.11. The van der Waals surface area contributed by atoms with E-state index in [1.165, 1.54) is 5.57 Å². The molecule has 19 atom stereocenters. The monoisotopic (exact) mass is 798 g/mol. The molecule has 4 aliphatic carbocycles. The Bertz CT molecular complexity index is 1450. The lowest BCUT2D eigenvalue weighted by atomic mass is 9.38. The van der Waals surface area contributed by atoms with Gasteiger partial charge in [-0.05, 0) is 93.3 Å². The molecule has 56 heavy (non-hydrogen) atoms. The van der Waals surface area contributed by atoms with Gasteiger partial charge in [-0.3, -0.25) is 4.79 Å². The van der Waals surface area contributed by atoms with Crippen molar-refractivity contribution in [3.8, 4) is 0 Å². The molecule has 2 saturated heterocycles. The quantitative estimate of drug-likeness (QED) is 0.134. The number of ketones is 1. The van der Waals surface area contributed by atoms with Gasteiger partial charge in [-0.15, -0.1) is 0 Å². The fourth-order valence-electron chi connectivity index (χ4n) is 12.3. The molecule has 14 nitrogen and oxygen atoms in total. The lowest BCUT2D eigenvalue weighted by Crippen LogP contribution is -2.63. The predicted octanol–water partition coefficient (Wildman–Crippen LogP) is 1.33. The summed E-state index contributed by atoms with van der Waals surface area (Å²) in [5.41, 5.74) is -1.32. The molecule has 6 rings (SSSR count). The maximum atomic E-state index is 14.6. The van der Waals surface area contributed by atoms with Gasteiger partial charge in [-0.25, -0.2) is 0 Å². The van der Waals surface area contributed by atoms with Crippen molar-refractivity contribution in [2.45, 2.75) is 186 Å². The third kappa shape index (κ3) is 7.17. The van der Waals surface area contributed by atoms with Crippen LogP contribution in [0.25, 0.3) is 0 Å². The summed E-state index contributed by atoms with van der Waals surface area (Å²) in [6, 6.07) is 0. The van der Waals surface area contributed by atoms with Gasteiger partial charge in [0.25, 0.3) is 0 Å². The number of allylic oxidation sites excluding steroid dienone is 1. The Morgan fingerprint density at radius 2 is 1.43 bits per heavy atom. The Balaban J connectivity index is 1.13.